The Balaban J connectivity index is 0. The third kappa shape index (κ3) is 29.0. The van der Waals surface area contributed by atoms with Gasteiger partial charge in [0.05, 0.1) is 13.2 Å². The van der Waals surface area contributed by atoms with Gasteiger partial charge in [-0.25, -0.2) is 0 Å². The largest absolute Gasteiger partial charge is 0.466 e. The van der Waals surface area contributed by atoms with Gasteiger partial charge in [0.2, 0.25) is 0 Å². The summed E-state index contributed by atoms with van der Waals surface area (Å²) in [6.45, 7) is 8.52. The molecule has 0 fully saturated rings. The molecular formula is C20H40O4. The molecule has 0 rings (SSSR count). The third-order valence-corrected chi connectivity index (χ3v) is 3.61. The van der Waals surface area contributed by atoms with E-state index >= 15 is 0 Å². The topological polar surface area (TPSA) is 52.6 Å². The van der Waals surface area contributed by atoms with E-state index < -0.39 is 0 Å². The Morgan fingerprint density at radius 3 is 1.12 bits per heavy atom. The number of ether oxygens (including phenoxy) is 2. The molecule has 0 aromatic rings. The van der Waals surface area contributed by atoms with Crippen molar-refractivity contribution in [3.05, 3.63) is 0 Å². The van der Waals surface area contributed by atoms with Crippen molar-refractivity contribution in [3.63, 3.8) is 0 Å². The zero-order valence-electron chi connectivity index (χ0n) is 16.5. The lowest BCUT2D eigenvalue weighted by atomic mass is 10.1. The van der Waals surface area contributed by atoms with Crippen LogP contribution in [0.25, 0.3) is 0 Å². The zero-order valence-corrected chi connectivity index (χ0v) is 16.5. The minimum absolute atomic E-state index is 0.163. The van der Waals surface area contributed by atoms with E-state index in [4.69, 9.17) is 9.47 Å². The molecule has 4 nitrogen and oxygen atoms in total. The molecular weight excluding hydrogens is 304 g/mol. The Bertz CT molecular complexity index is 249. The average Bonchev–Trinajstić information content (AvgIpc) is 2.53. The lowest BCUT2D eigenvalue weighted by Gasteiger charge is -2.01. The first kappa shape index (κ1) is 25.2. The summed E-state index contributed by atoms with van der Waals surface area (Å²) in [7, 11) is 0. The van der Waals surface area contributed by atoms with Crippen LogP contribution in [0, 0.1) is 0 Å². The van der Waals surface area contributed by atoms with Crippen LogP contribution in [-0.4, -0.2) is 25.2 Å². The summed E-state index contributed by atoms with van der Waals surface area (Å²) in [6, 6.07) is 0. The van der Waals surface area contributed by atoms with Crippen molar-refractivity contribution in [2.75, 3.05) is 13.2 Å². The molecule has 0 aliphatic rings. The summed E-state index contributed by atoms with van der Waals surface area (Å²) < 4.78 is 9.62. The first-order valence-electron chi connectivity index (χ1n) is 9.81. The molecule has 0 spiro atoms. The highest BCUT2D eigenvalue weighted by Gasteiger charge is 1.93. The van der Waals surface area contributed by atoms with Gasteiger partial charge in [-0.2, -0.15) is 0 Å². The zero-order chi connectivity index (χ0) is 18.5. The molecule has 0 N–H and O–H groups in total. The summed E-state index contributed by atoms with van der Waals surface area (Å²) in [5, 5.41) is 0. The van der Waals surface area contributed by atoms with Crippen LogP contribution in [0.2, 0.25) is 0 Å². The minimum atomic E-state index is -0.163. The predicted molar refractivity (Wildman–Crippen MR) is 100 cm³/mol. The Labute approximate surface area is 149 Å². The van der Waals surface area contributed by atoms with Gasteiger partial charge in [-0.05, 0) is 12.8 Å². The molecule has 0 radical (unpaired) electrons. The van der Waals surface area contributed by atoms with E-state index in [1.165, 1.54) is 78.1 Å². The van der Waals surface area contributed by atoms with Gasteiger partial charge in [-0.15, -0.1) is 0 Å². The number of carbonyl (C=O) groups excluding carboxylic acids is 2. The maximum absolute atomic E-state index is 10.4. The van der Waals surface area contributed by atoms with Gasteiger partial charge in [-0.3, -0.25) is 9.59 Å². The van der Waals surface area contributed by atoms with Crippen molar-refractivity contribution >= 4 is 11.9 Å². The monoisotopic (exact) mass is 344 g/mol. The molecule has 24 heavy (non-hydrogen) atoms. The normalized spacial score (nSPS) is 9.83. The van der Waals surface area contributed by atoms with Crippen LogP contribution in [0.3, 0.4) is 0 Å². The first-order valence-corrected chi connectivity index (χ1v) is 9.81. The molecule has 0 aliphatic heterocycles. The van der Waals surface area contributed by atoms with Crippen molar-refractivity contribution < 1.29 is 19.1 Å². The van der Waals surface area contributed by atoms with Gasteiger partial charge >= 0.3 is 11.9 Å². The second-order valence-corrected chi connectivity index (χ2v) is 6.22. The summed E-state index contributed by atoms with van der Waals surface area (Å²) in [6.07, 6.45) is 14.8. The molecule has 0 heterocycles. The second-order valence-electron chi connectivity index (χ2n) is 6.22. The minimum Gasteiger partial charge on any atom is -0.466 e. The van der Waals surface area contributed by atoms with E-state index in [1.807, 2.05) is 0 Å². The fraction of sp³-hybridized carbons (Fsp3) is 0.900. The van der Waals surface area contributed by atoms with E-state index in [-0.39, 0.29) is 11.9 Å². The molecule has 0 atom stereocenters. The van der Waals surface area contributed by atoms with E-state index in [9.17, 15) is 9.59 Å². The average molecular weight is 345 g/mol. The number of esters is 2. The number of rotatable bonds is 14. The van der Waals surface area contributed by atoms with Gasteiger partial charge < -0.3 is 9.47 Å². The van der Waals surface area contributed by atoms with Gasteiger partial charge in [-0.1, -0.05) is 78.1 Å². The molecule has 0 saturated heterocycles. The van der Waals surface area contributed by atoms with Crippen molar-refractivity contribution in [2.45, 2.75) is 105 Å². The molecule has 144 valence electrons. The van der Waals surface area contributed by atoms with Crippen molar-refractivity contribution in [1.29, 1.82) is 0 Å². The van der Waals surface area contributed by atoms with Crippen LogP contribution < -0.4 is 0 Å². The summed E-state index contributed by atoms with van der Waals surface area (Å²) in [5.41, 5.74) is 0. The van der Waals surface area contributed by atoms with Crippen molar-refractivity contribution in [2.24, 2.45) is 0 Å². The Hall–Kier alpha value is -1.06. The number of hydrogen-bond acceptors (Lipinski definition) is 4. The van der Waals surface area contributed by atoms with Gasteiger partial charge in [0.15, 0.2) is 0 Å². The SMILES string of the molecule is CCCCCCCCOC(C)=O.CCCCCCCCOC(C)=O. The fourth-order valence-electron chi connectivity index (χ4n) is 2.20. The summed E-state index contributed by atoms with van der Waals surface area (Å²) in [5.74, 6) is -0.327. The maximum Gasteiger partial charge on any atom is 0.302 e. The molecule has 0 aromatic carbocycles. The fourth-order valence-corrected chi connectivity index (χ4v) is 2.20. The molecule has 0 amide bonds. The van der Waals surface area contributed by atoms with E-state index in [2.05, 4.69) is 13.8 Å². The third-order valence-electron chi connectivity index (χ3n) is 3.61. The second kappa shape index (κ2) is 21.9. The Kier molecular flexibility index (Phi) is 23.0. The van der Waals surface area contributed by atoms with E-state index in [0.29, 0.717) is 13.2 Å². The van der Waals surface area contributed by atoms with Crippen molar-refractivity contribution in [3.8, 4) is 0 Å². The van der Waals surface area contributed by atoms with Crippen LogP contribution in [0.15, 0.2) is 0 Å². The Morgan fingerprint density at radius 1 is 0.542 bits per heavy atom. The summed E-state index contributed by atoms with van der Waals surface area (Å²) >= 11 is 0. The standard InChI is InChI=1S/2C10H20O2/c2*1-3-4-5-6-7-8-9-12-10(2)11/h2*3-9H2,1-2H3. The van der Waals surface area contributed by atoms with Crippen LogP contribution in [0.4, 0.5) is 0 Å². The lowest BCUT2D eigenvalue weighted by molar-refractivity contribution is -0.142. The Morgan fingerprint density at radius 2 is 0.833 bits per heavy atom. The molecule has 4 heteroatoms. The molecule has 0 aliphatic carbocycles. The number of unbranched alkanes of at least 4 members (excludes halogenated alkanes) is 10. The quantitative estimate of drug-likeness (QED) is 0.294. The summed E-state index contributed by atoms with van der Waals surface area (Å²) in [4.78, 5) is 20.7. The van der Waals surface area contributed by atoms with Gasteiger partial charge in [0.25, 0.3) is 0 Å². The van der Waals surface area contributed by atoms with E-state index in [0.717, 1.165) is 12.8 Å². The van der Waals surface area contributed by atoms with Crippen LogP contribution in [0.5, 0.6) is 0 Å². The van der Waals surface area contributed by atoms with Crippen LogP contribution in [0.1, 0.15) is 105 Å². The molecule has 0 unspecified atom stereocenters. The predicted octanol–water partition coefficient (Wildman–Crippen LogP) is 5.82. The maximum atomic E-state index is 10.4. The highest BCUT2D eigenvalue weighted by molar-refractivity contribution is 5.66. The molecule has 0 bridgehead atoms. The highest BCUT2D eigenvalue weighted by atomic mass is 16.5. The highest BCUT2D eigenvalue weighted by Crippen LogP contribution is 2.05. The number of carbonyl (C=O) groups is 2. The smallest absolute Gasteiger partial charge is 0.302 e. The number of hydrogen-bond donors (Lipinski definition) is 0. The molecule has 0 saturated carbocycles. The van der Waals surface area contributed by atoms with Crippen LogP contribution in [-0.2, 0) is 19.1 Å². The first-order chi connectivity index (χ1) is 11.5. The van der Waals surface area contributed by atoms with Crippen molar-refractivity contribution in [1.82, 2.24) is 0 Å². The van der Waals surface area contributed by atoms with Gasteiger partial charge in [0, 0.05) is 13.8 Å². The van der Waals surface area contributed by atoms with Crippen LogP contribution >= 0.6 is 0 Å². The lowest BCUT2D eigenvalue weighted by Crippen LogP contribution is -1.99. The van der Waals surface area contributed by atoms with E-state index in [1.54, 1.807) is 0 Å². The molecule has 0 aromatic heterocycles. The van der Waals surface area contributed by atoms with Gasteiger partial charge in [0.1, 0.15) is 0 Å².